The molecule has 29 heavy (non-hydrogen) atoms. The number of aromatic nitrogens is 1. The zero-order chi connectivity index (χ0) is 20.0. The number of pyridine rings is 1. The Labute approximate surface area is 177 Å². The first-order chi connectivity index (χ1) is 14.2. The van der Waals surface area contributed by atoms with E-state index in [1.54, 1.807) is 11.3 Å². The number of halogens is 1. The molecular formula is C22H25FN4S2. The van der Waals surface area contributed by atoms with Gasteiger partial charge >= 0.3 is 0 Å². The Morgan fingerprint density at radius 3 is 3.03 bits per heavy atom. The fourth-order valence-corrected chi connectivity index (χ4v) is 7.92. The maximum absolute atomic E-state index is 13.0. The fraction of sp³-hybridized carbons (Fsp3) is 0.364. The van der Waals surface area contributed by atoms with E-state index in [2.05, 4.69) is 45.5 Å². The summed E-state index contributed by atoms with van der Waals surface area (Å²) in [5.41, 5.74) is 9.75. The lowest BCUT2D eigenvalue weighted by molar-refractivity contribution is 0.130. The van der Waals surface area contributed by atoms with E-state index in [9.17, 15) is 4.39 Å². The van der Waals surface area contributed by atoms with Crippen LogP contribution in [0.25, 0.3) is 10.2 Å². The highest BCUT2D eigenvalue weighted by Crippen LogP contribution is 2.54. The van der Waals surface area contributed by atoms with Gasteiger partial charge in [0, 0.05) is 56.0 Å². The van der Waals surface area contributed by atoms with Crippen molar-refractivity contribution >= 4 is 49.4 Å². The SMILES string of the molecule is CC1C(c2cc3c([SH]4C=Nc5cc(N)ccc54)ccnc3s2)CCCN1CCF. The lowest BCUT2D eigenvalue weighted by Gasteiger charge is -2.38. The molecule has 3 aromatic rings. The largest absolute Gasteiger partial charge is 0.399 e. The lowest BCUT2D eigenvalue weighted by Crippen LogP contribution is -2.43. The van der Waals surface area contributed by atoms with E-state index >= 15 is 0 Å². The molecule has 0 saturated carbocycles. The number of thiophene rings is 1. The highest BCUT2D eigenvalue weighted by Gasteiger charge is 2.30. The van der Waals surface area contributed by atoms with Crippen molar-refractivity contribution in [3.8, 4) is 0 Å². The Morgan fingerprint density at radius 2 is 2.17 bits per heavy atom. The second kappa shape index (κ2) is 7.70. The van der Waals surface area contributed by atoms with E-state index in [4.69, 9.17) is 5.73 Å². The first-order valence-corrected chi connectivity index (χ1v) is 12.3. The molecule has 5 rings (SSSR count). The van der Waals surface area contributed by atoms with Crippen LogP contribution in [-0.2, 0) is 0 Å². The average Bonchev–Trinajstić information content (AvgIpc) is 3.33. The summed E-state index contributed by atoms with van der Waals surface area (Å²) in [6.07, 6.45) is 4.20. The van der Waals surface area contributed by atoms with Crippen molar-refractivity contribution in [1.29, 1.82) is 0 Å². The lowest BCUT2D eigenvalue weighted by atomic mass is 9.89. The van der Waals surface area contributed by atoms with Gasteiger partial charge in [0.2, 0.25) is 0 Å². The quantitative estimate of drug-likeness (QED) is 0.426. The van der Waals surface area contributed by atoms with Gasteiger partial charge in [0.1, 0.15) is 11.5 Å². The fourth-order valence-electron chi connectivity index (χ4n) is 4.58. The highest BCUT2D eigenvalue weighted by atomic mass is 32.2. The number of thiol groups is 1. The summed E-state index contributed by atoms with van der Waals surface area (Å²) in [4.78, 5) is 16.6. The smallest absolute Gasteiger partial charge is 0.124 e. The Bertz CT molecular complexity index is 1080. The number of rotatable bonds is 4. The van der Waals surface area contributed by atoms with Crippen LogP contribution in [0.1, 0.15) is 30.6 Å². The predicted molar refractivity (Wildman–Crippen MR) is 123 cm³/mol. The molecule has 1 aromatic carbocycles. The van der Waals surface area contributed by atoms with E-state index < -0.39 is 10.9 Å². The highest BCUT2D eigenvalue weighted by molar-refractivity contribution is 8.29. The number of alkyl halides is 1. The molecule has 3 unspecified atom stereocenters. The van der Waals surface area contributed by atoms with Crippen LogP contribution in [0.15, 0.2) is 51.3 Å². The normalized spacial score (nSPS) is 25.5. The summed E-state index contributed by atoms with van der Waals surface area (Å²) in [5, 5.41) is 1.24. The molecule has 152 valence electrons. The molecule has 1 fully saturated rings. The minimum absolute atomic E-state index is 0.275. The Hall–Kier alpha value is -1.96. The monoisotopic (exact) mass is 428 g/mol. The van der Waals surface area contributed by atoms with E-state index in [1.165, 1.54) is 20.1 Å². The molecular weight excluding hydrogens is 403 g/mol. The van der Waals surface area contributed by atoms with Crippen LogP contribution in [0.2, 0.25) is 0 Å². The molecule has 3 atom stereocenters. The number of nitrogens with two attached hydrogens (primary N) is 1. The van der Waals surface area contributed by atoms with Crippen molar-refractivity contribution in [3.63, 3.8) is 0 Å². The number of benzene rings is 1. The van der Waals surface area contributed by atoms with Crippen molar-refractivity contribution in [1.82, 2.24) is 9.88 Å². The van der Waals surface area contributed by atoms with Crippen LogP contribution in [0.3, 0.4) is 0 Å². The van der Waals surface area contributed by atoms with Crippen molar-refractivity contribution in [2.75, 3.05) is 25.5 Å². The molecule has 2 aromatic heterocycles. The summed E-state index contributed by atoms with van der Waals surface area (Å²) < 4.78 is 13.0. The third kappa shape index (κ3) is 3.35. The van der Waals surface area contributed by atoms with Crippen LogP contribution in [0, 0.1) is 0 Å². The van der Waals surface area contributed by atoms with Crippen LogP contribution < -0.4 is 5.73 Å². The number of anilines is 1. The third-order valence-electron chi connectivity index (χ3n) is 6.12. The van der Waals surface area contributed by atoms with Gasteiger partial charge in [-0.1, -0.05) is 0 Å². The number of nitrogen functional groups attached to an aromatic ring is 1. The van der Waals surface area contributed by atoms with E-state index in [-0.39, 0.29) is 6.67 Å². The minimum Gasteiger partial charge on any atom is -0.399 e. The van der Waals surface area contributed by atoms with Crippen LogP contribution in [0.5, 0.6) is 0 Å². The van der Waals surface area contributed by atoms with Gasteiger partial charge in [0.05, 0.1) is 5.69 Å². The molecule has 1 saturated heterocycles. The number of likely N-dealkylation sites (tertiary alicyclic amines) is 1. The van der Waals surface area contributed by atoms with E-state index in [0.29, 0.717) is 18.5 Å². The molecule has 2 aliphatic heterocycles. The van der Waals surface area contributed by atoms with E-state index in [0.717, 1.165) is 35.6 Å². The molecule has 7 heteroatoms. The topological polar surface area (TPSA) is 54.5 Å². The van der Waals surface area contributed by atoms with Gasteiger partial charge in [-0.15, -0.1) is 11.3 Å². The maximum atomic E-state index is 13.0. The first-order valence-electron chi connectivity index (χ1n) is 10.1. The van der Waals surface area contributed by atoms with Crippen molar-refractivity contribution in [3.05, 3.63) is 41.4 Å². The maximum Gasteiger partial charge on any atom is 0.124 e. The molecule has 0 aliphatic carbocycles. The van der Waals surface area contributed by atoms with Gasteiger partial charge in [-0.3, -0.25) is 4.90 Å². The average molecular weight is 429 g/mol. The van der Waals surface area contributed by atoms with E-state index in [1.807, 2.05) is 18.3 Å². The number of nitrogens with zero attached hydrogens (tertiary/aromatic N) is 3. The number of fused-ring (bicyclic) bond motifs is 2. The van der Waals surface area contributed by atoms with Gasteiger partial charge < -0.3 is 5.73 Å². The molecule has 4 nitrogen and oxygen atoms in total. The molecule has 0 amide bonds. The molecule has 0 radical (unpaired) electrons. The Balaban J connectivity index is 1.52. The summed E-state index contributed by atoms with van der Waals surface area (Å²) in [6.45, 7) is 3.50. The van der Waals surface area contributed by atoms with Gasteiger partial charge in [0.25, 0.3) is 0 Å². The molecule has 2 aliphatic rings. The Kier molecular flexibility index (Phi) is 5.05. The van der Waals surface area contributed by atoms with Gasteiger partial charge in [-0.05, 0) is 56.6 Å². The zero-order valence-electron chi connectivity index (χ0n) is 16.4. The molecule has 0 spiro atoms. The van der Waals surface area contributed by atoms with Gasteiger partial charge in [0.15, 0.2) is 0 Å². The number of piperidine rings is 1. The van der Waals surface area contributed by atoms with Crippen LogP contribution in [0.4, 0.5) is 15.8 Å². The minimum atomic E-state index is -0.639. The molecule has 0 bridgehead atoms. The first kappa shape index (κ1) is 19.0. The summed E-state index contributed by atoms with van der Waals surface area (Å²) in [7, 11) is -0.639. The second-order valence-corrected chi connectivity index (χ2v) is 10.8. The second-order valence-electron chi connectivity index (χ2n) is 7.77. The van der Waals surface area contributed by atoms with Crippen LogP contribution >= 0.6 is 22.2 Å². The van der Waals surface area contributed by atoms with Gasteiger partial charge in [-0.25, -0.2) is 14.4 Å². The summed E-state index contributed by atoms with van der Waals surface area (Å²) in [5.74, 6) is 0.444. The Morgan fingerprint density at radius 1 is 1.28 bits per heavy atom. The predicted octanol–water partition coefficient (Wildman–Crippen LogP) is 5.51. The number of hydrogen-bond acceptors (Lipinski definition) is 5. The zero-order valence-corrected chi connectivity index (χ0v) is 18.1. The van der Waals surface area contributed by atoms with Gasteiger partial charge in [-0.2, -0.15) is 10.9 Å². The third-order valence-corrected chi connectivity index (χ3v) is 9.45. The van der Waals surface area contributed by atoms with Crippen molar-refractivity contribution in [2.45, 2.75) is 41.5 Å². The van der Waals surface area contributed by atoms with Crippen molar-refractivity contribution < 1.29 is 4.39 Å². The molecule has 4 heterocycles. The summed E-state index contributed by atoms with van der Waals surface area (Å²) in [6, 6.07) is 10.9. The molecule has 2 N–H and O–H groups in total. The van der Waals surface area contributed by atoms with Crippen molar-refractivity contribution in [2.24, 2.45) is 4.99 Å². The number of aliphatic imine (C=N–C) groups is 1. The number of hydrogen-bond donors (Lipinski definition) is 2. The summed E-state index contributed by atoms with van der Waals surface area (Å²) >= 11 is 1.80. The van der Waals surface area contributed by atoms with Crippen LogP contribution in [-0.4, -0.2) is 41.2 Å². The standard InChI is InChI=1S/C22H25FN4S2/c1-14-16(3-2-9-27(14)10-7-23)19-12-17-20(6-8-25-22(17)28-19)29-13-26-18-11-15(24)4-5-21(18)29/h4-6,8,11-14,16,29H,2-3,7,9-10,24H2,1H3.